The molecule has 0 saturated heterocycles. The first-order valence-corrected chi connectivity index (χ1v) is 19.3. The third-order valence-electron chi connectivity index (χ3n) is 10.6. The molecule has 2 atom stereocenters. The molecule has 224 valence electrons. The van der Waals surface area contributed by atoms with Crippen LogP contribution in [-0.4, -0.2) is 18.4 Å². The van der Waals surface area contributed by atoms with E-state index in [-0.39, 0.29) is 16.6 Å². The van der Waals surface area contributed by atoms with E-state index in [1.54, 1.807) is 0 Å². The molecule has 0 amide bonds. The van der Waals surface area contributed by atoms with Crippen LogP contribution in [0.1, 0.15) is 163 Å². The van der Waals surface area contributed by atoms with Crippen LogP contribution >= 0.6 is 0 Å². The highest BCUT2D eigenvalue weighted by atomic mass is 28.4. The molecule has 1 aromatic carbocycles. The molecule has 0 aliphatic heterocycles. The van der Waals surface area contributed by atoms with Gasteiger partial charge in [-0.2, -0.15) is 0 Å². The quantitative estimate of drug-likeness (QED) is 0.335. The monoisotopic (exact) mass is 573 g/mol. The molecule has 1 heterocycles. The van der Waals surface area contributed by atoms with Crippen molar-refractivity contribution in [1.82, 2.24) is 4.98 Å². The molecule has 5 rings (SSSR count). The van der Waals surface area contributed by atoms with Crippen LogP contribution in [0.5, 0.6) is 0 Å². The molecule has 0 bridgehead atoms. The number of fused-ring (bicyclic) bond motifs is 1. The van der Waals surface area contributed by atoms with Crippen molar-refractivity contribution >= 4 is 13.9 Å². The Morgan fingerprint density at radius 1 is 1.00 bits per heavy atom. The van der Waals surface area contributed by atoms with Crippen LogP contribution in [0.15, 0.2) is 30.3 Å². The molecule has 4 heteroatoms. The van der Waals surface area contributed by atoms with Gasteiger partial charge in [0.25, 0.3) is 0 Å². The lowest BCUT2D eigenvalue weighted by Crippen LogP contribution is -2.44. The molecule has 0 radical (unpaired) electrons. The number of aromatic nitrogens is 1. The first kappa shape index (κ1) is 30.7. The van der Waals surface area contributed by atoms with Crippen molar-refractivity contribution < 1.29 is 9.53 Å². The zero-order chi connectivity index (χ0) is 29.7. The largest absolute Gasteiger partial charge is 0.410 e. The summed E-state index contributed by atoms with van der Waals surface area (Å²) in [4.78, 5) is 5.61. The molecule has 1 N–H and O–H groups in total. The standard InChI is InChI=1S/C37H55NO2Si/c1-24(2)25-18-20-28(21-19-25)35(39)33-31(26-14-10-11-15-26)32-29(38-34(33)27-16-12-13-17-27)22-37(6,7)23-30(32)40-41(8,9)36(3,4)5/h14,18-21,24,27,30,35,39H,10-13,15-17,22-23H2,1-9H3/t30?,35-/m1/s1. The molecule has 3 aliphatic rings. The fraction of sp³-hybridized carbons (Fsp3) is 0.649. The molecule has 1 unspecified atom stereocenters. The minimum absolute atomic E-state index is 0.00513. The van der Waals surface area contributed by atoms with Crippen molar-refractivity contribution in [3.05, 3.63) is 69.5 Å². The van der Waals surface area contributed by atoms with Crippen molar-refractivity contribution in [3.63, 3.8) is 0 Å². The summed E-state index contributed by atoms with van der Waals surface area (Å²) < 4.78 is 7.34. The highest BCUT2D eigenvalue weighted by molar-refractivity contribution is 6.74. The van der Waals surface area contributed by atoms with Gasteiger partial charge < -0.3 is 9.53 Å². The van der Waals surface area contributed by atoms with Crippen LogP contribution in [0.25, 0.3) is 5.57 Å². The van der Waals surface area contributed by atoms with Gasteiger partial charge in [0.2, 0.25) is 0 Å². The molecule has 1 saturated carbocycles. The summed E-state index contributed by atoms with van der Waals surface area (Å²) in [6.45, 7) is 21.0. The Bertz CT molecular complexity index is 1280. The van der Waals surface area contributed by atoms with Gasteiger partial charge >= 0.3 is 0 Å². The highest BCUT2D eigenvalue weighted by Gasteiger charge is 2.45. The SMILES string of the molecule is CC(C)c1ccc([C@@H](O)c2c(C3CCCC3)nc3c(c2C2=CCCC2)C(O[Si](C)(C)C(C)(C)C)CC(C)(C)C3)cc1. The molecule has 0 spiro atoms. The molecule has 1 aromatic heterocycles. The molecule has 1 fully saturated rings. The first-order valence-electron chi connectivity index (χ1n) is 16.4. The Labute approximate surface area is 251 Å². The van der Waals surface area contributed by atoms with E-state index in [9.17, 15) is 5.11 Å². The lowest BCUT2D eigenvalue weighted by atomic mass is 9.71. The summed E-state index contributed by atoms with van der Waals surface area (Å²) in [5, 5.41) is 12.5. The van der Waals surface area contributed by atoms with Crippen molar-refractivity contribution in [3.8, 4) is 0 Å². The van der Waals surface area contributed by atoms with Crippen LogP contribution < -0.4 is 0 Å². The number of hydrogen-bond acceptors (Lipinski definition) is 3. The highest BCUT2D eigenvalue weighted by Crippen LogP contribution is 2.53. The van der Waals surface area contributed by atoms with Crippen LogP contribution in [0.4, 0.5) is 0 Å². The summed E-state index contributed by atoms with van der Waals surface area (Å²) in [5.41, 5.74) is 9.93. The first-order chi connectivity index (χ1) is 19.2. The van der Waals surface area contributed by atoms with Crippen LogP contribution in [0.3, 0.4) is 0 Å². The number of rotatable bonds is 7. The second-order valence-electron chi connectivity index (χ2n) is 15.9. The van der Waals surface area contributed by atoms with Gasteiger partial charge in [-0.1, -0.05) is 91.6 Å². The Kier molecular flexibility index (Phi) is 8.53. The summed E-state index contributed by atoms with van der Waals surface area (Å²) in [7, 11) is -2.06. The number of hydrogen-bond donors (Lipinski definition) is 1. The number of allylic oxidation sites excluding steroid dienone is 2. The van der Waals surface area contributed by atoms with Gasteiger partial charge in [-0.05, 0) is 96.7 Å². The summed E-state index contributed by atoms with van der Waals surface area (Å²) in [5.74, 6) is 0.891. The molecule has 3 nitrogen and oxygen atoms in total. The number of aliphatic hydroxyl groups excluding tert-OH is 1. The number of benzene rings is 1. The zero-order valence-corrected chi connectivity index (χ0v) is 28.4. The van der Waals surface area contributed by atoms with Crippen LogP contribution in [0.2, 0.25) is 18.1 Å². The minimum atomic E-state index is -2.06. The van der Waals surface area contributed by atoms with Gasteiger partial charge in [0.05, 0.1) is 11.8 Å². The Balaban J connectivity index is 1.76. The Hall–Kier alpha value is -1.75. The molecular weight excluding hydrogens is 518 g/mol. The van der Waals surface area contributed by atoms with Crippen LogP contribution in [0, 0.1) is 5.41 Å². The number of aliphatic hydroxyl groups is 1. The topological polar surface area (TPSA) is 42.4 Å². The van der Waals surface area contributed by atoms with Gasteiger partial charge in [-0.25, -0.2) is 0 Å². The molecule has 2 aromatic rings. The van der Waals surface area contributed by atoms with E-state index in [4.69, 9.17) is 9.41 Å². The van der Waals surface area contributed by atoms with E-state index in [1.165, 1.54) is 65.8 Å². The second kappa shape index (κ2) is 11.4. The van der Waals surface area contributed by atoms with Gasteiger partial charge in [0, 0.05) is 22.7 Å². The summed E-state index contributed by atoms with van der Waals surface area (Å²) >= 11 is 0. The second-order valence-corrected chi connectivity index (χ2v) is 20.6. The van der Waals surface area contributed by atoms with Crippen LogP contribution in [-0.2, 0) is 10.8 Å². The van der Waals surface area contributed by atoms with E-state index in [1.807, 2.05) is 0 Å². The molecular formula is C37H55NO2Si. The number of pyridine rings is 1. The fourth-order valence-electron chi connectivity index (χ4n) is 7.19. The Morgan fingerprint density at radius 2 is 1.63 bits per heavy atom. The third kappa shape index (κ3) is 6.17. The van der Waals surface area contributed by atoms with E-state index in [0.29, 0.717) is 11.8 Å². The van der Waals surface area contributed by atoms with Crippen molar-refractivity contribution in [2.75, 3.05) is 0 Å². The third-order valence-corrected chi connectivity index (χ3v) is 15.1. The van der Waals surface area contributed by atoms with Crippen molar-refractivity contribution in [2.45, 2.75) is 148 Å². The average Bonchev–Trinajstić information content (AvgIpc) is 3.60. The number of nitrogens with zero attached hydrogens (tertiary/aromatic N) is 1. The predicted molar refractivity (Wildman–Crippen MR) is 175 cm³/mol. The normalized spacial score (nSPS) is 22.2. The van der Waals surface area contributed by atoms with Crippen molar-refractivity contribution in [2.24, 2.45) is 5.41 Å². The van der Waals surface area contributed by atoms with Gasteiger partial charge in [-0.15, -0.1) is 0 Å². The molecule has 41 heavy (non-hydrogen) atoms. The lowest BCUT2D eigenvalue weighted by Gasteiger charge is -2.45. The van der Waals surface area contributed by atoms with Gasteiger partial charge in [-0.3, -0.25) is 4.98 Å². The predicted octanol–water partition coefficient (Wildman–Crippen LogP) is 10.5. The fourth-order valence-corrected chi connectivity index (χ4v) is 8.45. The van der Waals surface area contributed by atoms with E-state index >= 15 is 0 Å². The lowest BCUT2D eigenvalue weighted by molar-refractivity contribution is 0.105. The van der Waals surface area contributed by atoms with Crippen molar-refractivity contribution in [1.29, 1.82) is 0 Å². The van der Waals surface area contributed by atoms with E-state index in [2.05, 4.69) is 91.9 Å². The van der Waals surface area contributed by atoms with Gasteiger partial charge in [0.1, 0.15) is 6.10 Å². The van der Waals surface area contributed by atoms with E-state index in [0.717, 1.165) is 36.8 Å². The smallest absolute Gasteiger partial charge is 0.192 e. The average molecular weight is 574 g/mol. The summed E-state index contributed by atoms with van der Waals surface area (Å²) in [6.07, 6.45) is 12.0. The maximum atomic E-state index is 12.4. The maximum Gasteiger partial charge on any atom is 0.192 e. The summed E-state index contributed by atoms with van der Waals surface area (Å²) in [6, 6.07) is 8.70. The zero-order valence-electron chi connectivity index (χ0n) is 27.4. The molecule has 3 aliphatic carbocycles. The Morgan fingerprint density at radius 3 is 2.20 bits per heavy atom. The van der Waals surface area contributed by atoms with E-state index < -0.39 is 14.4 Å². The van der Waals surface area contributed by atoms with Gasteiger partial charge in [0.15, 0.2) is 8.32 Å². The minimum Gasteiger partial charge on any atom is -0.410 e. The maximum absolute atomic E-state index is 12.4.